The van der Waals surface area contributed by atoms with Gasteiger partial charge in [-0.25, -0.2) is 0 Å². The minimum atomic E-state index is -0.731. The van der Waals surface area contributed by atoms with Gasteiger partial charge >= 0.3 is 5.97 Å². The van der Waals surface area contributed by atoms with Gasteiger partial charge in [-0.1, -0.05) is 6.92 Å². The number of hydrogen-bond donors (Lipinski definition) is 1. The number of amides is 1. The minimum Gasteiger partial charge on any atom is -0.481 e. The van der Waals surface area contributed by atoms with E-state index in [1.54, 1.807) is 4.90 Å². The maximum atomic E-state index is 12.4. The maximum absolute atomic E-state index is 12.4. The van der Waals surface area contributed by atoms with Gasteiger partial charge in [-0.3, -0.25) is 9.59 Å². The molecule has 0 bridgehead atoms. The number of hydrogen-bond acceptors (Lipinski definition) is 3. The molecule has 0 aromatic heterocycles. The van der Waals surface area contributed by atoms with Crippen LogP contribution in [0.1, 0.15) is 46.0 Å². The highest BCUT2D eigenvalue weighted by Crippen LogP contribution is 2.37. The third-order valence-corrected chi connectivity index (χ3v) is 4.81. The Bertz CT molecular complexity index is 366. The highest BCUT2D eigenvalue weighted by Gasteiger charge is 2.45. The van der Waals surface area contributed by atoms with E-state index >= 15 is 0 Å². The van der Waals surface area contributed by atoms with Crippen LogP contribution >= 0.6 is 0 Å². The number of rotatable bonds is 3. The zero-order valence-corrected chi connectivity index (χ0v) is 11.8. The minimum absolute atomic E-state index is 0.0279. The van der Waals surface area contributed by atoms with E-state index in [2.05, 4.69) is 0 Å². The number of carboxylic acids is 1. The lowest BCUT2D eigenvalue weighted by Gasteiger charge is -2.40. The SMILES string of the molecule is CCC1(C(=O)O)CCN(C(=O)C2(C)CCCO2)CC1. The van der Waals surface area contributed by atoms with Crippen LogP contribution in [0.4, 0.5) is 0 Å². The van der Waals surface area contributed by atoms with Crippen molar-refractivity contribution in [3.63, 3.8) is 0 Å². The molecule has 2 fully saturated rings. The third-order valence-electron chi connectivity index (χ3n) is 4.81. The van der Waals surface area contributed by atoms with Gasteiger partial charge in [0.15, 0.2) is 0 Å². The van der Waals surface area contributed by atoms with Gasteiger partial charge in [0.05, 0.1) is 5.41 Å². The number of piperidine rings is 1. The average Bonchev–Trinajstić information content (AvgIpc) is 2.86. The van der Waals surface area contributed by atoms with Crippen molar-refractivity contribution in [3.05, 3.63) is 0 Å². The summed E-state index contributed by atoms with van der Waals surface area (Å²) in [5.74, 6) is -0.703. The normalized spacial score (nSPS) is 30.3. The zero-order chi connectivity index (χ0) is 14.1. The molecule has 19 heavy (non-hydrogen) atoms. The molecular formula is C14H23NO4. The summed E-state index contributed by atoms with van der Waals surface area (Å²) < 4.78 is 5.57. The first-order valence-corrected chi connectivity index (χ1v) is 7.10. The van der Waals surface area contributed by atoms with Crippen molar-refractivity contribution in [2.45, 2.75) is 51.6 Å². The van der Waals surface area contributed by atoms with Crippen LogP contribution in [-0.4, -0.2) is 47.2 Å². The summed E-state index contributed by atoms with van der Waals surface area (Å²) in [6, 6.07) is 0. The largest absolute Gasteiger partial charge is 0.481 e. The number of likely N-dealkylation sites (tertiary alicyclic amines) is 1. The van der Waals surface area contributed by atoms with Crippen LogP contribution in [0.25, 0.3) is 0 Å². The first-order valence-electron chi connectivity index (χ1n) is 7.10. The van der Waals surface area contributed by atoms with Crippen molar-refractivity contribution in [1.29, 1.82) is 0 Å². The first kappa shape index (κ1) is 14.3. The van der Waals surface area contributed by atoms with E-state index in [4.69, 9.17) is 4.74 Å². The fraction of sp³-hybridized carbons (Fsp3) is 0.857. The molecule has 1 unspecified atom stereocenters. The molecule has 5 nitrogen and oxygen atoms in total. The fourth-order valence-corrected chi connectivity index (χ4v) is 3.14. The van der Waals surface area contributed by atoms with Gasteiger partial charge in [0.1, 0.15) is 5.60 Å². The molecule has 0 aromatic carbocycles. The van der Waals surface area contributed by atoms with Crippen molar-refractivity contribution in [2.24, 2.45) is 5.41 Å². The molecule has 0 aliphatic carbocycles. The quantitative estimate of drug-likeness (QED) is 0.846. The Balaban J connectivity index is 2.00. The van der Waals surface area contributed by atoms with E-state index in [1.165, 1.54) is 0 Å². The average molecular weight is 269 g/mol. The Morgan fingerprint density at radius 2 is 1.89 bits per heavy atom. The molecule has 2 saturated heterocycles. The molecule has 2 aliphatic rings. The third kappa shape index (κ3) is 2.48. The predicted molar refractivity (Wildman–Crippen MR) is 69.8 cm³/mol. The number of carbonyl (C=O) groups excluding carboxylic acids is 1. The molecule has 0 aromatic rings. The van der Waals surface area contributed by atoms with Crippen LogP contribution < -0.4 is 0 Å². The van der Waals surface area contributed by atoms with Crippen LogP contribution in [0.5, 0.6) is 0 Å². The second kappa shape index (κ2) is 5.12. The van der Waals surface area contributed by atoms with E-state index in [0.29, 0.717) is 39.0 Å². The first-order chi connectivity index (χ1) is 8.93. The molecule has 1 N–H and O–H groups in total. The van der Waals surface area contributed by atoms with Crippen LogP contribution in [-0.2, 0) is 14.3 Å². The van der Waals surface area contributed by atoms with Crippen LogP contribution in [0.3, 0.4) is 0 Å². The second-order valence-corrected chi connectivity index (χ2v) is 5.91. The zero-order valence-electron chi connectivity index (χ0n) is 11.8. The van der Waals surface area contributed by atoms with Gasteiger partial charge in [0.2, 0.25) is 0 Å². The molecule has 2 aliphatic heterocycles. The molecule has 108 valence electrons. The maximum Gasteiger partial charge on any atom is 0.309 e. The summed E-state index contributed by atoms with van der Waals surface area (Å²) in [5.41, 5.74) is -1.33. The summed E-state index contributed by atoms with van der Waals surface area (Å²) >= 11 is 0. The molecular weight excluding hydrogens is 246 g/mol. The standard InChI is InChI=1S/C14H23NO4/c1-3-14(12(17)18)6-8-15(9-7-14)11(16)13(2)5-4-10-19-13/h3-10H2,1-2H3,(H,17,18). The number of aliphatic carboxylic acids is 1. The molecule has 0 saturated carbocycles. The van der Waals surface area contributed by atoms with Gasteiger partial charge in [-0.15, -0.1) is 0 Å². The van der Waals surface area contributed by atoms with Crippen molar-refractivity contribution in [1.82, 2.24) is 4.90 Å². The Morgan fingerprint density at radius 1 is 1.26 bits per heavy atom. The van der Waals surface area contributed by atoms with E-state index in [9.17, 15) is 14.7 Å². The molecule has 5 heteroatoms. The summed E-state index contributed by atoms with van der Waals surface area (Å²) in [4.78, 5) is 25.6. The Morgan fingerprint density at radius 3 is 2.32 bits per heavy atom. The molecule has 1 amide bonds. The van der Waals surface area contributed by atoms with E-state index in [-0.39, 0.29) is 5.91 Å². The molecule has 2 heterocycles. The molecule has 0 spiro atoms. The van der Waals surface area contributed by atoms with E-state index in [1.807, 2.05) is 13.8 Å². The smallest absolute Gasteiger partial charge is 0.309 e. The highest BCUT2D eigenvalue weighted by molar-refractivity contribution is 5.85. The van der Waals surface area contributed by atoms with E-state index < -0.39 is 17.0 Å². The fourth-order valence-electron chi connectivity index (χ4n) is 3.14. The predicted octanol–water partition coefficient (Wildman–Crippen LogP) is 1.66. The number of carboxylic acid groups (broad SMARTS) is 1. The van der Waals surface area contributed by atoms with Crippen molar-refractivity contribution >= 4 is 11.9 Å². The number of nitrogens with zero attached hydrogens (tertiary/aromatic N) is 1. The van der Waals surface area contributed by atoms with Gasteiger partial charge in [-0.05, 0) is 39.0 Å². The van der Waals surface area contributed by atoms with Crippen LogP contribution in [0.15, 0.2) is 0 Å². The second-order valence-electron chi connectivity index (χ2n) is 5.91. The molecule has 2 rings (SSSR count). The van der Waals surface area contributed by atoms with Gasteiger partial charge in [0.25, 0.3) is 5.91 Å². The lowest BCUT2D eigenvalue weighted by Crippen LogP contribution is -2.52. The summed E-state index contributed by atoms with van der Waals surface area (Å²) in [6.45, 7) is 5.45. The van der Waals surface area contributed by atoms with Gasteiger partial charge in [-0.2, -0.15) is 0 Å². The summed E-state index contributed by atoms with van der Waals surface area (Å²) in [5, 5.41) is 9.35. The Labute approximate surface area is 113 Å². The van der Waals surface area contributed by atoms with Crippen molar-refractivity contribution in [3.8, 4) is 0 Å². The van der Waals surface area contributed by atoms with Crippen molar-refractivity contribution in [2.75, 3.05) is 19.7 Å². The molecule has 0 radical (unpaired) electrons. The van der Waals surface area contributed by atoms with Crippen LogP contribution in [0.2, 0.25) is 0 Å². The Hall–Kier alpha value is -1.10. The van der Waals surface area contributed by atoms with E-state index in [0.717, 1.165) is 12.8 Å². The monoisotopic (exact) mass is 269 g/mol. The highest BCUT2D eigenvalue weighted by atomic mass is 16.5. The lowest BCUT2D eigenvalue weighted by molar-refractivity contribution is -0.160. The van der Waals surface area contributed by atoms with Crippen LogP contribution in [0, 0.1) is 5.41 Å². The summed E-state index contributed by atoms with van der Waals surface area (Å²) in [7, 11) is 0. The Kier molecular flexibility index (Phi) is 3.85. The number of ether oxygens (including phenoxy) is 1. The summed E-state index contributed by atoms with van der Waals surface area (Å²) in [6.07, 6.45) is 3.39. The van der Waals surface area contributed by atoms with Crippen molar-refractivity contribution < 1.29 is 19.4 Å². The number of carbonyl (C=O) groups is 2. The van der Waals surface area contributed by atoms with Gasteiger partial charge < -0.3 is 14.7 Å². The lowest BCUT2D eigenvalue weighted by atomic mass is 9.76. The topological polar surface area (TPSA) is 66.8 Å². The van der Waals surface area contributed by atoms with Gasteiger partial charge in [0, 0.05) is 19.7 Å². The molecule has 1 atom stereocenters.